The van der Waals surface area contributed by atoms with Crippen LogP contribution in [0.15, 0.2) is 23.3 Å². The molecular formula is C10H17N. The lowest BCUT2D eigenvalue weighted by Crippen LogP contribution is -2.26. The minimum Gasteiger partial charge on any atom is -0.302 e. The molecule has 0 fully saturated rings. The maximum atomic E-state index is 2.36. The lowest BCUT2D eigenvalue weighted by Gasteiger charge is -2.24. The van der Waals surface area contributed by atoms with Crippen molar-refractivity contribution in [2.45, 2.75) is 20.3 Å². The van der Waals surface area contributed by atoms with E-state index in [1.807, 2.05) is 0 Å². The fourth-order valence-electron chi connectivity index (χ4n) is 1.42. The molecular weight excluding hydrogens is 134 g/mol. The molecule has 1 heteroatoms. The number of nitrogens with zero attached hydrogens (tertiary/aromatic N) is 1. The van der Waals surface area contributed by atoms with E-state index in [1.165, 1.54) is 18.5 Å². The van der Waals surface area contributed by atoms with Crippen LogP contribution in [0, 0.1) is 0 Å². The van der Waals surface area contributed by atoms with E-state index in [0.29, 0.717) is 0 Å². The van der Waals surface area contributed by atoms with Crippen molar-refractivity contribution in [3.05, 3.63) is 23.3 Å². The van der Waals surface area contributed by atoms with Crippen LogP contribution < -0.4 is 0 Å². The van der Waals surface area contributed by atoms with Crippen LogP contribution >= 0.6 is 0 Å². The zero-order chi connectivity index (χ0) is 8.27. The molecule has 1 aliphatic heterocycles. The second-order valence-corrected chi connectivity index (χ2v) is 3.29. The van der Waals surface area contributed by atoms with Crippen LogP contribution in [0.25, 0.3) is 0 Å². The van der Waals surface area contributed by atoms with Crippen molar-refractivity contribution in [1.82, 2.24) is 4.90 Å². The SMILES string of the molecule is C/C=C\C1=C(C)CCN(C)C1. The summed E-state index contributed by atoms with van der Waals surface area (Å²) in [6, 6.07) is 0. The van der Waals surface area contributed by atoms with Gasteiger partial charge in [-0.25, -0.2) is 0 Å². The van der Waals surface area contributed by atoms with Crippen LogP contribution in [0.5, 0.6) is 0 Å². The van der Waals surface area contributed by atoms with Crippen molar-refractivity contribution in [3.8, 4) is 0 Å². The summed E-state index contributed by atoms with van der Waals surface area (Å²) in [5.41, 5.74) is 3.06. The molecule has 0 aliphatic carbocycles. The zero-order valence-corrected chi connectivity index (χ0v) is 7.72. The Balaban J connectivity index is 2.71. The smallest absolute Gasteiger partial charge is 0.0230 e. The normalized spacial score (nSPS) is 21.7. The van der Waals surface area contributed by atoms with Crippen molar-refractivity contribution in [2.24, 2.45) is 0 Å². The minimum atomic E-state index is 1.12. The molecule has 1 nitrogen and oxygen atoms in total. The van der Waals surface area contributed by atoms with Gasteiger partial charge in [-0.3, -0.25) is 0 Å². The Morgan fingerprint density at radius 3 is 2.82 bits per heavy atom. The van der Waals surface area contributed by atoms with Crippen LogP contribution in [0.3, 0.4) is 0 Å². The number of hydrogen-bond donors (Lipinski definition) is 0. The number of rotatable bonds is 1. The summed E-state index contributed by atoms with van der Waals surface area (Å²) in [6.45, 7) is 6.65. The Labute approximate surface area is 69.4 Å². The molecule has 62 valence electrons. The van der Waals surface area contributed by atoms with E-state index in [0.717, 1.165) is 6.54 Å². The van der Waals surface area contributed by atoms with E-state index < -0.39 is 0 Å². The standard InChI is InChI=1S/C10H17N/c1-4-5-10-8-11(3)7-6-9(10)2/h4-5H,6-8H2,1-3H3/b5-4-. The van der Waals surface area contributed by atoms with Gasteiger partial charge >= 0.3 is 0 Å². The molecule has 0 atom stereocenters. The molecule has 0 unspecified atom stereocenters. The van der Waals surface area contributed by atoms with E-state index in [2.05, 4.69) is 37.9 Å². The molecule has 1 heterocycles. The summed E-state index contributed by atoms with van der Waals surface area (Å²) in [7, 11) is 2.18. The van der Waals surface area contributed by atoms with Crippen LogP contribution in [0.4, 0.5) is 0 Å². The molecule has 0 aromatic heterocycles. The molecule has 0 spiro atoms. The maximum Gasteiger partial charge on any atom is 0.0230 e. The van der Waals surface area contributed by atoms with E-state index >= 15 is 0 Å². The van der Waals surface area contributed by atoms with Gasteiger partial charge in [0.15, 0.2) is 0 Å². The Morgan fingerprint density at radius 1 is 1.45 bits per heavy atom. The van der Waals surface area contributed by atoms with Gasteiger partial charge in [-0.15, -0.1) is 0 Å². The van der Waals surface area contributed by atoms with Crippen LogP contribution in [-0.2, 0) is 0 Å². The number of hydrogen-bond acceptors (Lipinski definition) is 1. The Bertz CT molecular complexity index is 189. The molecule has 0 aromatic carbocycles. The first kappa shape index (κ1) is 8.54. The van der Waals surface area contributed by atoms with E-state index in [4.69, 9.17) is 0 Å². The van der Waals surface area contributed by atoms with Crippen molar-refractivity contribution in [1.29, 1.82) is 0 Å². The summed E-state index contributed by atoms with van der Waals surface area (Å²) in [5.74, 6) is 0. The van der Waals surface area contributed by atoms with Gasteiger partial charge < -0.3 is 4.90 Å². The maximum absolute atomic E-state index is 2.36. The average molecular weight is 151 g/mol. The third-order valence-electron chi connectivity index (χ3n) is 2.22. The fourth-order valence-corrected chi connectivity index (χ4v) is 1.42. The molecule has 0 saturated heterocycles. The summed E-state index contributed by atoms with van der Waals surface area (Å²) in [5, 5.41) is 0. The molecule has 1 aliphatic rings. The van der Waals surface area contributed by atoms with Crippen molar-refractivity contribution >= 4 is 0 Å². The minimum absolute atomic E-state index is 1.12. The first-order valence-corrected chi connectivity index (χ1v) is 4.24. The third-order valence-corrected chi connectivity index (χ3v) is 2.22. The summed E-state index contributed by atoms with van der Waals surface area (Å²) >= 11 is 0. The fraction of sp³-hybridized carbons (Fsp3) is 0.600. The Kier molecular flexibility index (Phi) is 2.89. The largest absolute Gasteiger partial charge is 0.302 e. The topological polar surface area (TPSA) is 3.24 Å². The van der Waals surface area contributed by atoms with Crippen LogP contribution in [0.1, 0.15) is 20.3 Å². The summed E-state index contributed by atoms with van der Waals surface area (Å²) < 4.78 is 0. The molecule has 1 rings (SSSR count). The molecule has 0 saturated carbocycles. The predicted octanol–water partition coefficient (Wildman–Crippen LogP) is 2.21. The monoisotopic (exact) mass is 151 g/mol. The van der Waals surface area contributed by atoms with Crippen molar-refractivity contribution in [2.75, 3.05) is 20.1 Å². The van der Waals surface area contributed by atoms with E-state index in [9.17, 15) is 0 Å². The molecule has 11 heavy (non-hydrogen) atoms. The van der Waals surface area contributed by atoms with Gasteiger partial charge in [0.05, 0.1) is 0 Å². The highest BCUT2D eigenvalue weighted by Gasteiger charge is 2.09. The molecule has 0 radical (unpaired) electrons. The first-order chi connectivity index (χ1) is 5.24. The molecule has 0 N–H and O–H groups in total. The predicted molar refractivity (Wildman–Crippen MR) is 49.6 cm³/mol. The second kappa shape index (κ2) is 3.72. The lowest BCUT2D eigenvalue weighted by atomic mass is 10.0. The quantitative estimate of drug-likeness (QED) is 0.555. The second-order valence-electron chi connectivity index (χ2n) is 3.29. The highest BCUT2D eigenvalue weighted by molar-refractivity contribution is 5.27. The van der Waals surface area contributed by atoms with Gasteiger partial charge in [-0.1, -0.05) is 17.7 Å². The lowest BCUT2D eigenvalue weighted by molar-refractivity contribution is 0.351. The van der Waals surface area contributed by atoms with Gasteiger partial charge in [-0.05, 0) is 32.9 Å². The molecule has 0 aromatic rings. The van der Waals surface area contributed by atoms with E-state index in [1.54, 1.807) is 5.57 Å². The average Bonchev–Trinajstić information content (AvgIpc) is 1.98. The number of allylic oxidation sites excluding steroid dienone is 1. The highest BCUT2D eigenvalue weighted by atomic mass is 15.1. The van der Waals surface area contributed by atoms with Gasteiger partial charge in [0, 0.05) is 13.1 Å². The third kappa shape index (κ3) is 2.19. The molecule has 0 amide bonds. The van der Waals surface area contributed by atoms with Gasteiger partial charge in [0.25, 0.3) is 0 Å². The Hall–Kier alpha value is -0.560. The molecule has 0 bridgehead atoms. The Morgan fingerprint density at radius 2 is 2.18 bits per heavy atom. The first-order valence-electron chi connectivity index (χ1n) is 4.24. The summed E-state index contributed by atoms with van der Waals surface area (Å²) in [4.78, 5) is 2.36. The van der Waals surface area contributed by atoms with E-state index in [-0.39, 0.29) is 0 Å². The zero-order valence-electron chi connectivity index (χ0n) is 7.72. The van der Waals surface area contributed by atoms with Crippen LogP contribution in [-0.4, -0.2) is 25.0 Å². The van der Waals surface area contributed by atoms with Crippen LogP contribution in [0.2, 0.25) is 0 Å². The van der Waals surface area contributed by atoms with Crippen molar-refractivity contribution < 1.29 is 0 Å². The van der Waals surface area contributed by atoms with Gasteiger partial charge in [-0.2, -0.15) is 0 Å². The highest BCUT2D eigenvalue weighted by Crippen LogP contribution is 2.16. The summed E-state index contributed by atoms with van der Waals surface area (Å²) in [6.07, 6.45) is 5.58. The van der Waals surface area contributed by atoms with Gasteiger partial charge in [0.1, 0.15) is 0 Å². The van der Waals surface area contributed by atoms with Gasteiger partial charge in [0.2, 0.25) is 0 Å². The number of likely N-dealkylation sites (N-methyl/N-ethyl adjacent to an activating group) is 1. The van der Waals surface area contributed by atoms with Crippen molar-refractivity contribution in [3.63, 3.8) is 0 Å².